The first-order valence-electron chi connectivity index (χ1n) is 7.89. The molecule has 0 aliphatic carbocycles. The van der Waals surface area contributed by atoms with Crippen LogP contribution in [0.15, 0.2) is 54.9 Å². The molecule has 0 saturated carbocycles. The van der Waals surface area contributed by atoms with E-state index in [-0.39, 0.29) is 5.91 Å². The van der Waals surface area contributed by atoms with E-state index < -0.39 is 0 Å². The van der Waals surface area contributed by atoms with Gasteiger partial charge in [0.2, 0.25) is 0 Å². The Kier molecular flexibility index (Phi) is 5.43. The third-order valence-corrected chi connectivity index (χ3v) is 4.16. The number of nitrogens with zero attached hydrogens (tertiary/aromatic N) is 2. The fourth-order valence-electron chi connectivity index (χ4n) is 2.46. The van der Waals surface area contributed by atoms with Gasteiger partial charge in [-0.25, -0.2) is 0 Å². The van der Waals surface area contributed by atoms with Crippen molar-refractivity contribution in [3.63, 3.8) is 0 Å². The van der Waals surface area contributed by atoms with Gasteiger partial charge in [-0.1, -0.05) is 29.8 Å². The van der Waals surface area contributed by atoms with Crippen molar-refractivity contribution < 1.29 is 14.3 Å². The highest BCUT2D eigenvalue weighted by Gasteiger charge is 2.11. The molecular formula is C19H18ClN3O3. The Balaban J connectivity index is 1.73. The van der Waals surface area contributed by atoms with Crippen LogP contribution in [-0.4, -0.2) is 29.9 Å². The maximum absolute atomic E-state index is 12.5. The van der Waals surface area contributed by atoms with Crippen molar-refractivity contribution in [3.8, 4) is 11.5 Å². The first kappa shape index (κ1) is 17.8. The third-order valence-electron chi connectivity index (χ3n) is 3.79. The number of aromatic nitrogens is 2. The number of anilines is 1. The van der Waals surface area contributed by atoms with Gasteiger partial charge in [-0.2, -0.15) is 5.10 Å². The summed E-state index contributed by atoms with van der Waals surface area (Å²) in [6.07, 6.45) is 3.34. The monoisotopic (exact) mass is 371 g/mol. The smallest absolute Gasteiger partial charge is 0.256 e. The van der Waals surface area contributed by atoms with Crippen molar-refractivity contribution in [1.29, 1.82) is 0 Å². The number of methoxy groups -OCH3 is 2. The summed E-state index contributed by atoms with van der Waals surface area (Å²) >= 11 is 6.17. The van der Waals surface area contributed by atoms with E-state index in [1.165, 1.54) is 14.2 Å². The molecule has 2 aromatic carbocycles. The van der Waals surface area contributed by atoms with Crippen LogP contribution in [-0.2, 0) is 6.54 Å². The molecule has 3 rings (SSSR count). The quantitative estimate of drug-likeness (QED) is 0.714. The molecule has 1 amide bonds. The van der Waals surface area contributed by atoms with Crippen LogP contribution in [0.1, 0.15) is 15.9 Å². The van der Waals surface area contributed by atoms with Crippen LogP contribution in [0.25, 0.3) is 0 Å². The maximum Gasteiger partial charge on any atom is 0.256 e. The number of carbonyl (C=O) groups is 1. The summed E-state index contributed by atoms with van der Waals surface area (Å²) in [6.45, 7) is 0.516. The normalized spacial score (nSPS) is 10.4. The molecule has 3 aromatic rings. The summed E-state index contributed by atoms with van der Waals surface area (Å²) in [7, 11) is 3.07. The van der Waals surface area contributed by atoms with E-state index in [1.807, 2.05) is 24.3 Å². The van der Waals surface area contributed by atoms with Crippen LogP contribution < -0.4 is 14.8 Å². The lowest BCUT2D eigenvalue weighted by atomic mass is 10.2. The summed E-state index contributed by atoms with van der Waals surface area (Å²) in [5.41, 5.74) is 1.97. The molecule has 6 nitrogen and oxygen atoms in total. The van der Waals surface area contributed by atoms with Crippen LogP contribution in [0, 0.1) is 0 Å². The fourth-order valence-corrected chi connectivity index (χ4v) is 2.65. The summed E-state index contributed by atoms with van der Waals surface area (Å²) in [5, 5.41) is 7.75. The summed E-state index contributed by atoms with van der Waals surface area (Å²) in [4.78, 5) is 12.5. The van der Waals surface area contributed by atoms with Gasteiger partial charge in [0.15, 0.2) is 0 Å². The van der Waals surface area contributed by atoms with E-state index in [0.717, 1.165) is 5.56 Å². The highest BCUT2D eigenvalue weighted by Crippen LogP contribution is 2.23. The molecule has 0 aliphatic rings. The van der Waals surface area contributed by atoms with Gasteiger partial charge >= 0.3 is 0 Å². The Hall–Kier alpha value is -2.99. The zero-order chi connectivity index (χ0) is 18.5. The van der Waals surface area contributed by atoms with Gasteiger partial charge in [0.25, 0.3) is 5.91 Å². The lowest BCUT2D eigenvalue weighted by molar-refractivity contribution is 0.102. The van der Waals surface area contributed by atoms with Crippen molar-refractivity contribution in [2.45, 2.75) is 6.54 Å². The number of amides is 1. The minimum absolute atomic E-state index is 0.278. The van der Waals surface area contributed by atoms with Crippen molar-refractivity contribution in [2.75, 3.05) is 19.5 Å². The van der Waals surface area contributed by atoms with Gasteiger partial charge in [-0.15, -0.1) is 0 Å². The van der Waals surface area contributed by atoms with E-state index in [4.69, 9.17) is 21.1 Å². The Morgan fingerprint density at radius 3 is 2.50 bits per heavy atom. The zero-order valence-corrected chi connectivity index (χ0v) is 15.2. The SMILES string of the molecule is COc1cc(OC)cc(C(=O)Nc2cnn(Cc3ccccc3Cl)c2)c1. The van der Waals surface area contributed by atoms with Gasteiger partial charge < -0.3 is 14.8 Å². The van der Waals surface area contributed by atoms with Crippen LogP contribution in [0.4, 0.5) is 5.69 Å². The van der Waals surface area contributed by atoms with Crippen molar-refractivity contribution in [1.82, 2.24) is 9.78 Å². The molecule has 0 fully saturated rings. The average Bonchev–Trinajstić information content (AvgIpc) is 3.10. The molecule has 0 atom stereocenters. The van der Waals surface area contributed by atoms with E-state index in [9.17, 15) is 4.79 Å². The molecule has 0 spiro atoms. The molecule has 7 heteroatoms. The highest BCUT2D eigenvalue weighted by atomic mass is 35.5. The number of carbonyl (C=O) groups excluding carboxylic acids is 1. The van der Waals surface area contributed by atoms with Crippen molar-refractivity contribution in [3.05, 3.63) is 71.0 Å². The average molecular weight is 372 g/mol. The predicted octanol–water partition coefficient (Wildman–Crippen LogP) is 3.85. The van der Waals surface area contributed by atoms with Crippen LogP contribution >= 0.6 is 11.6 Å². The number of benzene rings is 2. The highest BCUT2D eigenvalue weighted by molar-refractivity contribution is 6.31. The molecule has 0 unspecified atom stereocenters. The summed E-state index contributed by atoms with van der Waals surface area (Å²) in [6, 6.07) is 12.6. The second kappa shape index (κ2) is 7.93. The first-order chi connectivity index (χ1) is 12.6. The molecule has 0 saturated heterocycles. The maximum atomic E-state index is 12.5. The van der Waals surface area contributed by atoms with Gasteiger partial charge in [0.1, 0.15) is 11.5 Å². The number of rotatable bonds is 6. The standard InChI is InChI=1S/C19H18ClN3O3/c1-25-16-7-14(8-17(9-16)26-2)19(24)22-15-10-21-23(12-15)11-13-5-3-4-6-18(13)20/h3-10,12H,11H2,1-2H3,(H,22,24). The van der Waals surface area contributed by atoms with Crippen molar-refractivity contribution in [2.24, 2.45) is 0 Å². The Bertz CT molecular complexity index is 902. The molecule has 1 aromatic heterocycles. The summed E-state index contributed by atoms with van der Waals surface area (Å²) < 4.78 is 12.1. The van der Waals surface area contributed by atoms with Crippen LogP contribution in [0.3, 0.4) is 0 Å². The van der Waals surface area contributed by atoms with Gasteiger partial charge in [-0.05, 0) is 23.8 Å². The van der Waals surface area contributed by atoms with Crippen molar-refractivity contribution >= 4 is 23.2 Å². The van der Waals surface area contributed by atoms with E-state index >= 15 is 0 Å². The molecule has 0 aliphatic heterocycles. The minimum atomic E-state index is -0.278. The predicted molar refractivity (Wildman–Crippen MR) is 100 cm³/mol. The largest absolute Gasteiger partial charge is 0.497 e. The van der Waals surface area contributed by atoms with Crippen LogP contribution in [0.5, 0.6) is 11.5 Å². The second-order valence-electron chi connectivity index (χ2n) is 5.57. The Morgan fingerprint density at radius 2 is 1.85 bits per heavy atom. The Labute approximate surface area is 156 Å². The van der Waals surface area contributed by atoms with E-state index in [2.05, 4.69) is 10.4 Å². The van der Waals surface area contributed by atoms with Gasteiger partial charge in [0, 0.05) is 22.8 Å². The zero-order valence-electron chi connectivity index (χ0n) is 14.4. The summed E-state index contributed by atoms with van der Waals surface area (Å²) in [5.74, 6) is 0.812. The molecular weight excluding hydrogens is 354 g/mol. The third kappa shape index (κ3) is 4.15. The molecule has 1 heterocycles. The lowest BCUT2D eigenvalue weighted by Gasteiger charge is -2.08. The van der Waals surface area contributed by atoms with E-state index in [0.29, 0.717) is 34.3 Å². The van der Waals surface area contributed by atoms with Crippen LogP contribution in [0.2, 0.25) is 5.02 Å². The molecule has 0 bridgehead atoms. The Morgan fingerprint density at radius 1 is 1.15 bits per heavy atom. The number of ether oxygens (including phenoxy) is 2. The molecule has 0 radical (unpaired) electrons. The molecule has 134 valence electrons. The van der Waals surface area contributed by atoms with Gasteiger partial charge in [-0.3, -0.25) is 9.48 Å². The minimum Gasteiger partial charge on any atom is -0.497 e. The molecule has 1 N–H and O–H groups in total. The first-order valence-corrected chi connectivity index (χ1v) is 8.27. The number of hydrogen-bond acceptors (Lipinski definition) is 4. The second-order valence-corrected chi connectivity index (χ2v) is 5.98. The number of halogens is 1. The number of hydrogen-bond donors (Lipinski definition) is 1. The lowest BCUT2D eigenvalue weighted by Crippen LogP contribution is -2.12. The number of nitrogens with one attached hydrogen (secondary N) is 1. The molecule has 26 heavy (non-hydrogen) atoms. The van der Waals surface area contributed by atoms with Gasteiger partial charge in [0.05, 0.1) is 32.6 Å². The van der Waals surface area contributed by atoms with E-state index in [1.54, 1.807) is 35.3 Å². The topological polar surface area (TPSA) is 65.4 Å². The fraction of sp³-hybridized carbons (Fsp3) is 0.158.